The molecule has 0 atom stereocenters. The van der Waals surface area contributed by atoms with E-state index in [4.69, 9.17) is 77.9 Å². The molecule has 0 bridgehead atoms. The number of aromatic nitrogens is 12. The largest absolute Gasteiger partial charge is 0.507 e. The number of aromatic hydroxyl groups is 1. The maximum absolute atomic E-state index is 9.53. The van der Waals surface area contributed by atoms with E-state index in [1.807, 2.05) is 50.4 Å². The van der Waals surface area contributed by atoms with Gasteiger partial charge in [0.05, 0.1) is 44.8 Å². The van der Waals surface area contributed by atoms with Gasteiger partial charge in [0.1, 0.15) is 50.1 Å². The second-order valence-corrected chi connectivity index (χ2v) is 24.7. The zero-order valence-corrected chi connectivity index (χ0v) is 55.6. The summed E-state index contributed by atoms with van der Waals surface area (Å²) in [4.78, 5) is 44.9. The minimum Gasteiger partial charge on any atom is -0.507 e. The number of phenols is 1. The highest BCUT2D eigenvalue weighted by Gasteiger charge is 2.27. The Kier molecular flexibility index (Phi) is 20.3. The molecule has 0 spiro atoms. The van der Waals surface area contributed by atoms with Gasteiger partial charge >= 0.3 is 0 Å². The number of phenolic OH excluding ortho intramolecular Hbond substituents is 1. The SMILES string of the molecule is Cc1cc(C2CC2)cc(C)c1O.Cc1cc(C2CC2)cc(C)c1Oc1nc(Cl)nc2[nH]ccc12.Cc1cc(C2CC2)cc(C)c1Oc1nc(Nc2ccc(C#N)cc2)nc2[nH]ccc12.Clc1nc(Cl)c2cc[nH]c2n1.N#Cc1ccc(N)cc1.Nc1nc(Cl)c2cc[nH]c2n1. The smallest absolute Gasteiger partial charge is 0.233 e. The normalized spacial score (nSPS) is 12.9. The van der Waals surface area contributed by atoms with Gasteiger partial charge in [-0.15, -0.1) is 0 Å². The van der Waals surface area contributed by atoms with Crippen LogP contribution < -0.4 is 26.3 Å². The number of nitriles is 2. The van der Waals surface area contributed by atoms with E-state index in [0.717, 1.165) is 83.9 Å². The molecule has 16 rings (SSSR count). The molecule has 0 unspecified atom stereocenters. The van der Waals surface area contributed by atoms with E-state index in [1.165, 1.54) is 55.2 Å². The maximum Gasteiger partial charge on any atom is 0.233 e. The van der Waals surface area contributed by atoms with Crippen molar-refractivity contribution >= 4 is 114 Å². The van der Waals surface area contributed by atoms with E-state index < -0.39 is 0 Å². The number of anilines is 4. The van der Waals surface area contributed by atoms with E-state index in [-0.39, 0.29) is 16.5 Å². The van der Waals surface area contributed by atoms with Crippen molar-refractivity contribution in [3.05, 3.63) is 216 Å². The Hall–Kier alpha value is -10.5. The van der Waals surface area contributed by atoms with Crippen molar-refractivity contribution in [1.29, 1.82) is 10.5 Å². The van der Waals surface area contributed by atoms with Crippen LogP contribution in [-0.4, -0.2) is 64.9 Å². The first-order valence-corrected chi connectivity index (χ1v) is 32.0. The van der Waals surface area contributed by atoms with Gasteiger partial charge in [-0.25, -0.2) is 9.97 Å². The van der Waals surface area contributed by atoms with Crippen LogP contribution in [-0.2, 0) is 0 Å². The van der Waals surface area contributed by atoms with Gasteiger partial charge in [-0.2, -0.15) is 40.4 Å². The lowest BCUT2D eigenvalue weighted by atomic mass is 10.0. The average Bonchev–Trinajstić information content (AvgIpc) is 1.78. The molecule has 10 N–H and O–H groups in total. The maximum atomic E-state index is 9.53. The summed E-state index contributed by atoms with van der Waals surface area (Å²) in [5.74, 6) is 5.96. The van der Waals surface area contributed by atoms with Crippen LogP contribution in [0.4, 0.5) is 23.3 Å². The van der Waals surface area contributed by atoms with Crippen LogP contribution in [0, 0.1) is 64.2 Å². The zero-order chi connectivity index (χ0) is 67.0. The molecule has 8 heterocycles. The van der Waals surface area contributed by atoms with Crippen LogP contribution in [0.25, 0.3) is 44.1 Å². The van der Waals surface area contributed by atoms with E-state index in [2.05, 4.69) is 135 Å². The molecule has 24 heteroatoms. The van der Waals surface area contributed by atoms with Crippen molar-refractivity contribution in [2.24, 2.45) is 0 Å². The number of nitrogens with two attached hydrogens (primary N) is 2. The lowest BCUT2D eigenvalue weighted by Crippen LogP contribution is -2.01. The summed E-state index contributed by atoms with van der Waals surface area (Å²) in [5, 5.41) is 34.4. The van der Waals surface area contributed by atoms with Crippen LogP contribution in [0.1, 0.15) is 117 Å². The van der Waals surface area contributed by atoms with E-state index >= 15 is 0 Å². The molecule has 3 aliphatic rings. The standard InChI is InChI=1S/C24H21N5O.C17H16ClN3O.C11H14O.C7H6N2.C6H3Cl2N3.C6H5ClN4/c1-14-11-18(17-5-6-17)12-15(2)21(14)30-23-20-9-10-26-22(20)28-24(29-23)27-19-7-3-16(13-25)4-8-19;1-9-7-12(11-3-4-11)8-10(2)14(9)22-16-13-5-6-19-15(13)20-17(18)21-16;1-7-5-10(9-3-4-9)6-8(2)11(7)12;8-5-6-1-3-7(9)4-2-6;2*7-4-3-1-2-9-5(3)11-6(8)10-4/h3-4,7-12,17H,5-6H2,1-2H3,(H2,26,27,28,29);5-8,11H,3-4H2,1-2H3,(H,19,20,21);5-6,9,12H,3-4H2,1-2H3;1-4H,9H2;1-2H,(H,9,10,11);1-2H,(H3,8,9,10,11). The van der Waals surface area contributed by atoms with Crippen molar-refractivity contribution in [3.8, 4) is 41.1 Å². The fourth-order valence-electron chi connectivity index (χ4n) is 10.6. The zero-order valence-electron chi connectivity index (χ0n) is 52.6. The van der Waals surface area contributed by atoms with Crippen molar-refractivity contribution in [2.75, 3.05) is 16.8 Å². The van der Waals surface area contributed by atoms with Crippen LogP contribution in [0.5, 0.6) is 29.0 Å². The van der Waals surface area contributed by atoms with Gasteiger partial charge in [-0.3, -0.25) is 0 Å². The summed E-state index contributed by atoms with van der Waals surface area (Å²) < 4.78 is 12.4. The van der Waals surface area contributed by atoms with Crippen molar-refractivity contribution in [3.63, 3.8) is 0 Å². The number of fused-ring (bicyclic) bond motifs is 4. The molecular formula is C71H65Cl4N17O3. The minimum absolute atomic E-state index is 0.157. The van der Waals surface area contributed by atoms with Gasteiger partial charge in [0, 0.05) is 36.2 Å². The van der Waals surface area contributed by atoms with E-state index in [9.17, 15) is 5.11 Å². The van der Waals surface area contributed by atoms with Gasteiger partial charge in [0.15, 0.2) is 0 Å². The first-order chi connectivity index (χ1) is 45.8. The number of aryl methyl sites for hydroxylation is 6. The van der Waals surface area contributed by atoms with Gasteiger partial charge in [0.2, 0.25) is 34.2 Å². The molecular weight excluding hydrogens is 1280 g/mol. The van der Waals surface area contributed by atoms with Gasteiger partial charge in [0.25, 0.3) is 0 Å². The molecule has 13 aromatic rings. The number of benzene rings is 5. The molecule has 20 nitrogen and oxygen atoms in total. The third-order valence-electron chi connectivity index (χ3n) is 15.8. The fraction of sp³-hybridized carbons (Fsp3) is 0.211. The highest BCUT2D eigenvalue weighted by atomic mass is 35.5. The van der Waals surface area contributed by atoms with Crippen LogP contribution in [0.3, 0.4) is 0 Å². The van der Waals surface area contributed by atoms with Crippen LogP contribution in [0.15, 0.2) is 134 Å². The molecule has 0 aliphatic heterocycles. The minimum atomic E-state index is 0.157. The summed E-state index contributed by atoms with van der Waals surface area (Å²) in [5.41, 5.74) is 26.9. The van der Waals surface area contributed by atoms with Gasteiger partial charge in [-0.1, -0.05) is 59.6 Å². The number of H-pyrrole nitrogens is 4. The Labute approximate surface area is 567 Å². The number of nitrogen functional groups attached to an aromatic ring is 2. The molecule has 0 saturated heterocycles. The van der Waals surface area contributed by atoms with Crippen LogP contribution in [0.2, 0.25) is 20.9 Å². The molecule has 0 amide bonds. The summed E-state index contributed by atoms with van der Waals surface area (Å²) in [6.45, 7) is 12.2. The quantitative estimate of drug-likeness (QED) is 0.0378. The lowest BCUT2D eigenvalue weighted by Gasteiger charge is -2.14. The number of aromatic amines is 4. The second-order valence-electron chi connectivity index (χ2n) is 23.3. The Bertz CT molecular complexity index is 4860. The monoisotopic (exact) mass is 1340 g/mol. The number of halogens is 4. The van der Waals surface area contributed by atoms with Crippen molar-refractivity contribution in [1.82, 2.24) is 59.8 Å². The van der Waals surface area contributed by atoms with E-state index in [1.54, 1.807) is 67.1 Å². The second kappa shape index (κ2) is 29.2. The highest BCUT2D eigenvalue weighted by Crippen LogP contribution is 2.45. The third kappa shape index (κ3) is 16.7. The molecule has 0 radical (unpaired) electrons. The third-order valence-corrected chi connectivity index (χ3v) is 16.7. The summed E-state index contributed by atoms with van der Waals surface area (Å²) in [6.07, 6.45) is 14.9. The Morgan fingerprint density at radius 2 is 0.821 bits per heavy atom. The fourth-order valence-corrected chi connectivity index (χ4v) is 11.4. The Morgan fingerprint density at radius 3 is 1.26 bits per heavy atom. The number of hydrogen-bond donors (Lipinski definition) is 8. The van der Waals surface area contributed by atoms with Crippen LogP contribution >= 0.6 is 46.4 Å². The predicted molar refractivity (Wildman–Crippen MR) is 376 cm³/mol. The number of nitrogens with zero attached hydrogens (tertiary/aromatic N) is 10. The van der Waals surface area contributed by atoms with Crippen molar-refractivity contribution in [2.45, 2.75) is 97.8 Å². The Balaban J connectivity index is 0.000000124. The average molecular weight is 1350 g/mol. The van der Waals surface area contributed by atoms with Crippen molar-refractivity contribution < 1.29 is 14.6 Å². The van der Waals surface area contributed by atoms with Gasteiger partial charge in [-0.05, 0) is 244 Å². The molecule has 8 aromatic heterocycles. The first kappa shape index (κ1) is 66.0. The van der Waals surface area contributed by atoms with E-state index in [0.29, 0.717) is 79.1 Å². The molecule has 3 saturated carbocycles. The summed E-state index contributed by atoms with van der Waals surface area (Å²) in [6, 6.07) is 38.6. The predicted octanol–water partition coefficient (Wildman–Crippen LogP) is 18.2. The number of hydrogen-bond acceptors (Lipinski definition) is 16. The molecule has 5 aromatic carbocycles. The lowest BCUT2D eigenvalue weighted by molar-refractivity contribution is 0.461. The Morgan fingerprint density at radius 1 is 0.453 bits per heavy atom. The highest BCUT2D eigenvalue weighted by molar-refractivity contribution is 6.35. The number of nitrogens with one attached hydrogen (secondary N) is 5. The number of rotatable bonds is 9. The molecule has 3 fully saturated rings. The first-order valence-electron chi connectivity index (χ1n) is 30.5. The van der Waals surface area contributed by atoms with Gasteiger partial charge < -0.3 is 51.3 Å². The number of ether oxygens (including phenoxy) is 2. The topological polar surface area (TPSA) is 317 Å². The summed E-state index contributed by atoms with van der Waals surface area (Å²) in [7, 11) is 0. The molecule has 3 aliphatic carbocycles. The summed E-state index contributed by atoms with van der Waals surface area (Å²) >= 11 is 23.0. The molecule has 480 valence electrons. The molecule has 95 heavy (non-hydrogen) atoms.